The number of aromatic hydroxyl groups is 1. The minimum absolute atomic E-state index is 0.181. The van der Waals surface area contributed by atoms with Crippen LogP contribution in [0, 0.1) is 5.82 Å². The summed E-state index contributed by atoms with van der Waals surface area (Å²) in [7, 11) is 0. The monoisotopic (exact) mass is 472 g/mol. The molecule has 0 fully saturated rings. The topological polar surface area (TPSA) is 87.8 Å². The summed E-state index contributed by atoms with van der Waals surface area (Å²) in [5, 5.41) is 23.7. The lowest BCUT2D eigenvalue weighted by Gasteiger charge is -2.05. The van der Waals surface area contributed by atoms with Gasteiger partial charge in [0.2, 0.25) is 5.82 Å². The number of phenols is 1. The van der Waals surface area contributed by atoms with Crippen molar-refractivity contribution in [1.29, 1.82) is 0 Å². The number of tetrazole rings is 1. The Balaban J connectivity index is 0.000000552. The van der Waals surface area contributed by atoms with Gasteiger partial charge in [0.15, 0.2) is 5.76 Å². The maximum Gasteiger partial charge on any atom is 0.379 e. The number of furan rings is 1. The van der Waals surface area contributed by atoms with Crippen LogP contribution in [0.25, 0.3) is 22.6 Å². The van der Waals surface area contributed by atoms with Crippen molar-refractivity contribution in [3.63, 3.8) is 0 Å². The van der Waals surface area contributed by atoms with E-state index in [0.29, 0.717) is 45.4 Å². The lowest BCUT2D eigenvalue weighted by atomic mass is 10.0. The highest BCUT2D eigenvalue weighted by Gasteiger charge is 2.13. The van der Waals surface area contributed by atoms with E-state index in [1.54, 1.807) is 18.2 Å². The maximum atomic E-state index is 14.4. The van der Waals surface area contributed by atoms with Crippen LogP contribution < -0.4 is 0 Å². The molecule has 2 aromatic carbocycles. The van der Waals surface area contributed by atoms with Crippen molar-refractivity contribution >= 4 is 26.9 Å². The van der Waals surface area contributed by atoms with Crippen molar-refractivity contribution in [3.05, 3.63) is 57.8 Å². The Morgan fingerprint density at radius 1 is 1.10 bits per heavy atom. The largest absolute Gasteiger partial charge is 0.507 e. The van der Waals surface area contributed by atoms with Crippen LogP contribution in [-0.4, -0.2) is 32.4 Å². The molecule has 0 atom stereocenters. The number of nitrogens with zero attached hydrogens (tertiary/aromatic N) is 3. The van der Waals surface area contributed by atoms with Gasteiger partial charge in [0, 0.05) is 5.39 Å². The quantitative estimate of drug-likeness (QED) is 0.399. The fourth-order valence-electron chi connectivity index (χ4n) is 2.65. The molecule has 0 aliphatic heterocycles. The van der Waals surface area contributed by atoms with Crippen molar-refractivity contribution in [2.75, 3.05) is 0 Å². The van der Waals surface area contributed by atoms with Crippen molar-refractivity contribution in [2.45, 2.75) is 19.5 Å². The third-order valence-electron chi connectivity index (χ3n) is 3.95. The van der Waals surface area contributed by atoms with Gasteiger partial charge >= 0.3 is 6.68 Å². The van der Waals surface area contributed by atoms with Gasteiger partial charge in [-0.05, 0) is 75.4 Å². The number of H-pyrrole nitrogens is 1. The van der Waals surface area contributed by atoms with Crippen LogP contribution in [0.4, 0.5) is 17.6 Å². The molecule has 0 radical (unpaired) electrons. The van der Waals surface area contributed by atoms with Crippen LogP contribution in [-0.2, 0) is 12.8 Å². The fourth-order valence-corrected chi connectivity index (χ4v) is 3.08. The van der Waals surface area contributed by atoms with Crippen LogP contribution >= 0.6 is 15.9 Å². The molecule has 4 rings (SSSR count). The van der Waals surface area contributed by atoms with E-state index < -0.39 is 6.68 Å². The lowest BCUT2D eigenvalue weighted by Crippen LogP contribution is -1.95. The number of aryl methyl sites for hydroxylation is 2. The summed E-state index contributed by atoms with van der Waals surface area (Å²) in [5.41, 5.74) is 2.13. The van der Waals surface area contributed by atoms with Gasteiger partial charge in [-0.2, -0.15) is 18.4 Å². The first-order chi connectivity index (χ1) is 13.8. The van der Waals surface area contributed by atoms with Gasteiger partial charge in [-0.1, -0.05) is 6.07 Å². The Bertz CT molecular complexity index is 1100. The Kier molecular flexibility index (Phi) is 6.47. The molecule has 0 spiro atoms. The van der Waals surface area contributed by atoms with Crippen molar-refractivity contribution in [3.8, 4) is 17.3 Å². The van der Waals surface area contributed by atoms with Gasteiger partial charge < -0.3 is 9.52 Å². The molecular weight excluding hydrogens is 460 g/mol. The second-order valence-corrected chi connectivity index (χ2v) is 6.72. The van der Waals surface area contributed by atoms with Crippen LogP contribution in [0.5, 0.6) is 5.75 Å². The molecule has 0 amide bonds. The summed E-state index contributed by atoms with van der Waals surface area (Å²) in [6, 6.07) is 10.1. The number of rotatable bonds is 4. The number of alkyl halides is 3. The summed E-state index contributed by atoms with van der Waals surface area (Å²) in [6.07, 6.45) is 1.15. The number of benzene rings is 2. The minimum atomic E-state index is -3.67. The van der Waals surface area contributed by atoms with E-state index in [9.17, 15) is 22.7 Å². The summed E-state index contributed by atoms with van der Waals surface area (Å²) >= 11 is 3.28. The predicted octanol–water partition coefficient (Wildman–Crippen LogP) is 5.18. The van der Waals surface area contributed by atoms with E-state index in [2.05, 4.69) is 36.6 Å². The number of hydrogen-bond donors (Lipinski definition) is 2. The zero-order valence-corrected chi connectivity index (χ0v) is 16.1. The first kappa shape index (κ1) is 20.8. The van der Waals surface area contributed by atoms with Gasteiger partial charge in [-0.15, -0.1) is 10.2 Å². The molecule has 2 aromatic heterocycles. The zero-order chi connectivity index (χ0) is 21.0. The molecule has 0 aliphatic rings. The molecule has 0 aliphatic carbocycles. The highest BCUT2D eigenvalue weighted by Crippen LogP contribution is 2.29. The fraction of sp³-hybridized carbons (Fsp3) is 0.167. The molecule has 4 aromatic rings. The van der Waals surface area contributed by atoms with Gasteiger partial charge in [0.05, 0.1) is 4.47 Å². The Hall–Kier alpha value is -2.95. The van der Waals surface area contributed by atoms with Crippen LogP contribution in [0.15, 0.2) is 45.3 Å². The zero-order valence-electron chi connectivity index (χ0n) is 14.5. The van der Waals surface area contributed by atoms with E-state index in [4.69, 9.17) is 4.42 Å². The number of phenolic OH excluding ortho intramolecular Hbond substituents is 1. The Morgan fingerprint density at radius 3 is 2.52 bits per heavy atom. The number of hydrogen-bond acceptors (Lipinski definition) is 5. The maximum absolute atomic E-state index is 14.4. The third kappa shape index (κ3) is 5.31. The van der Waals surface area contributed by atoms with Gasteiger partial charge in [-0.3, -0.25) is 0 Å². The average Bonchev–Trinajstić information content (AvgIpc) is 3.31. The lowest BCUT2D eigenvalue weighted by molar-refractivity contribution is 0.00819. The van der Waals surface area contributed by atoms with E-state index >= 15 is 0 Å². The van der Waals surface area contributed by atoms with Crippen LogP contribution in [0.1, 0.15) is 11.1 Å². The van der Waals surface area contributed by atoms with Gasteiger partial charge in [-0.25, -0.2) is 4.39 Å². The normalized spacial score (nSPS) is 11.0. The first-order valence-electron chi connectivity index (χ1n) is 8.19. The standard InChI is InChI=1S/C17H12BrFN4O2.CHF3/c18-12-5-9(2-4-14(12)24)1-3-10-7-15-11(6-13(10)19)8-16(25-15)17-20-22-23-21-17;2-1(3)4/h2,4-8,24H,1,3H2,(H,20,21,22,23);1H. The smallest absolute Gasteiger partial charge is 0.379 e. The van der Waals surface area contributed by atoms with Gasteiger partial charge in [0.1, 0.15) is 17.1 Å². The Morgan fingerprint density at radius 2 is 1.86 bits per heavy atom. The van der Waals surface area contributed by atoms with E-state index in [0.717, 1.165) is 5.56 Å². The van der Waals surface area contributed by atoms with E-state index in [-0.39, 0.29) is 11.6 Å². The molecule has 0 saturated carbocycles. The molecule has 6 nitrogen and oxygen atoms in total. The van der Waals surface area contributed by atoms with Gasteiger partial charge in [0.25, 0.3) is 0 Å². The average molecular weight is 473 g/mol. The summed E-state index contributed by atoms with van der Waals surface area (Å²) in [6.45, 7) is -3.67. The summed E-state index contributed by atoms with van der Waals surface area (Å²) < 4.78 is 49.7. The Labute approximate surface area is 169 Å². The molecule has 11 heteroatoms. The number of aromatic amines is 1. The molecule has 2 heterocycles. The molecule has 0 saturated heterocycles. The third-order valence-corrected chi connectivity index (χ3v) is 4.58. The summed E-state index contributed by atoms with van der Waals surface area (Å²) in [4.78, 5) is 0. The molecule has 0 unspecified atom stereocenters. The van der Waals surface area contributed by atoms with Crippen molar-refractivity contribution in [2.24, 2.45) is 0 Å². The first-order valence-corrected chi connectivity index (χ1v) is 8.98. The van der Waals surface area contributed by atoms with E-state index in [1.807, 2.05) is 12.1 Å². The number of nitrogens with one attached hydrogen (secondary N) is 1. The highest BCUT2D eigenvalue weighted by atomic mass is 79.9. The SMILES string of the molecule is FC(F)F.Oc1ccc(CCc2cc3oc(-c4nn[nH]n4)cc3cc2F)cc1Br. The number of aromatic nitrogens is 4. The highest BCUT2D eigenvalue weighted by molar-refractivity contribution is 9.10. The van der Waals surface area contributed by atoms with E-state index in [1.165, 1.54) is 6.07 Å². The molecular formula is C18H13BrF4N4O2. The number of fused-ring (bicyclic) bond motifs is 1. The molecule has 29 heavy (non-hydrogen) atoms. The second kappa shape index (κ2) is 9.03. The van der Waals surface area contributed by atoms with Crippen LogP contribution in [0.3, 0.4) is 0 Å². The predicted molar refractivity (Wildman–Crippen MR) is 99.7 cm³/mol. The summed E-state index contributed by atoms with van der Waals surface area (Å²) in [5.74, 6) is 0.654. The molecule has 0 bridgehead atoms. The molecule has 2 N–H and O–H groups in total. The minimum Gasteiger partial charge on any atom is -0.507 e. The van der Waals surface area contributed by atoms with Crippen molar-refractivity contribution in [1.82, 2.24) is 20.6 Å². The number of halogens is 5. The second-order valence-electron chi connectivity index (χ2n) is 5.86. The van der Waals surface area contributed by atoms with Crippen LogP contribution in [0.2, 0.25) is 0 Å². The molecule has 152 valence electrons. The van der Waals surface area contributed by atoms with Crippen molar-refractivity contribution < 1.29 is 27.1 Å².